The number of hydrogen-bond donors (Lipinski definition) is 2. The second-order valence-corrected chi connectivity index (χ2v) is 9.41. The lowest BCUT2D eigenvalue weighted by Gasteiger charge is -2.23. The standard InChI is InChI=1S/C24H26N6O3S/c1-14-9-15-10-16(6-7-19(15)30(14)24(32)25-2)28-21-18-11-20(34-22(18)27-13-26-21)23(31)29-8-4-5-17(29)12-33-3/h6-7,9-11,13,17H,4-5,8,12H2,1-3H3,(H,25,32)(H,26,27,28). The molecule has 0 aliphatic carbocycles. The molecule has 4 heterocycles. The van der Waals surface area contributed by atoms with Crippen molar-refractivity contribution in [2.24, 2.45) is 0 Å². The molecule has 10 heteroatoms. The molecule has 5 rings (SSSR count). The molecule has 0 spiro atoms. The predicted molar refractivity (Wildman–Crippen MR) is 133 cm³/mol. The highest BCUT2D eigenvalue weighted by Gasteiger charge is 2.30. The highest BCUT2D eigenvalue weighted by Crippen LogP contribution is 2.33. The molecule has 4 aromatic rings. The van der Waals surface area contributed by atoms with Gasteiger partial charge in [0.15, 0.2) is 0 Å². The Morgan fingerprint density at radius 1 is 1.24 bits per heavy atom. The molecule has 1 aromatic carbocycles. The van der Waals surface area contributed by atoms with Gasteiger partial charge in [-0.3, -0.25) is 9.36 Å². The van der Waals surface area contributed by atoms with Gasteiger partial charge in [0, 0.05) is 37.5 Å². The van der Waals surface area contributed by atoms with Gasteiger partial charge in [0.2, 0.25) is 0 Å². The molecular weight excluding hydrogens is 452 g/mol. The van der Waals surface area contributed by atoms with Crippen LogP contribution in [-0.4, -0.2) is 64.7 Å². The van der Waals surface area contributed by atoms with Crippen molar-refractivity contribution in [3.63, 3.8) is 0 Å². The van der Waals surface area contributed by atoms with Crippen LogP contribution in [0.2, 0.25) is 0 Å². The highest BCUT2D eigenvalue weighted by atomic mass is 32.1. The Balaban J connectivity index is 1.45. The topological polar surface area (TPSA) is 101 Å². The van der Waals surface area contributed by atoms with Crippen molar-refractivity contribution in [1.82, 2.24) is 24.8 Å². The number of methoxy groups -OCH3 is 1. The number of benzene rings is 1. The van der Waals surface area contributed by atoms with Crippen LogP contribution in [-0.2, 0) is 4.74 Å². The summed E-state index contributed by atoms with van der Waals surface area (Å²) in [6.07, 6.45) is 3.45. The molecule has 34 heavy (non-hydrogen) atoms. The van der Waals surface area contributed by atoms with Gasteiger partial charge >= 0.3 is 6.03 Å². The number of thiophene rings is 1. The molecule has 1 aliphatic rings. The minimum absolute atomic E-state index is 0.0148. The molecule has 0 radical (unpaired) electrons. The van der Waals surface area contributed by atoms with Crippen LogP contribution in [0.25, 0.3) is 21.1 Å². The van der Waals surface area contributed by atoms with E-state index in [-0.39, 0.29) is 18.0 Å². The molecule has 1 aliphatic heterocycles. The quantitative estimate of drug-likeness (QED) is 0.447. The number of hydrogen-bond acceptors (Lipinski definition) is 7. The number of nitrogens with zero attached hydrogens (tertiary/aromatic N) is 4. The third-order valence-electron chi connectivity index (χ3n) is 6.20. The van der Waals surface area contributed by atoms with Crippen LogP contribution < -0.4 is 10.6 Å². The summed E-state index contributed by atoms with van der Waals surface area (Å²) in [7, 11) is 3.28. The molecule has 2 N–H and O–H groups in total. The van der Waals surface area contributed by atoms with Crippen LogP contribution in [0.4, 0.5) is 16.3 Å². The van der Waals surface area contributed by atoms with Gasteiger partial charge < -0.3 is 20.3 Å². The first-order valence-electron chi connectivity index (χ1n) is 11.2. The Hall–Kier alpha value is -3.50. The Kier molecular flexibility index (Phi) is 5.93. The second kappa shape index (κ2) is 9.03. The number of anilines is 2. The van der Waals surface area contributed by atoms with E-state index in [1.807, 2.05) is 42.2 Å². The van der Waals surface area contributed by atoms with E-state index in [1.165, 1.54) is 17.7 Å². The average Bonchev–Trinajstić information content (AvgIpc) is 3.55. The Bertz CT molecular complexity index is 1390. The maximum atomic E-state index is 13.2. The monoisotopic (exact) mass is 478 g/mol. The number of carbonyl (C=O) groups excluding carboxylic acids is 2. The smallest absolute Gasteiger partial charge is 0.325 e. The number of amides is 2. The Morgan fingerprint density at radius 3 is 2.88 bits per heavy atom. The molecule has 2 amide bonds. The summed E-state index contributed by atoms with van der Waals surface area (Å²) in [5.41, 5.74) is 2.51. The molecule has 0 saturated carbocycles. The van der Waals surface area contributed by atoms with E-state index in [4.69, 9.17) is 4.74 Å². The van der Waals surface area contributed by atoms with Crippen LogP contribution in [0.3, 0.4) is 0 Å². The fraction of sp³-hybridized carbons (Fsp3) is 0.333. The van der Waals surface area contributed by atoms with Crippen molar-refractivity contribution in [2.45, 2.75) is 25.8 Å². The lowest BCUT2D eigenvalue weighted by Crippen LogP contribution is -2.37. The fourth-order valence-corrected chi connectivity index (χ4v) is 5.58. The van der Waals surface area contributed by atoms with E-state index in [0.717, 1.165) is 51.9 Å². The fourth-order valence-electron chi connectivity index (χ4n) is 4.62. The molecule has 9 nitrogen and oxygen atoms in total. The minimum Gasteiger partial charge on any atom is -0.383 e. The zero-order valence-electron chi connectivity index (χ0n) is 19.3. The number of aryl methyl sites for hydroxylation is 1. The number of likely N-dealkylation sites (tertiary alicyclic amines) is 1. The van der Waals surface area contributed by atoms with Gasteiger partial charge in [-0.05, 0) is 50.1 Å². The number of carbonyl (C=O) groups is 2. The van der Waals surface area contributed by atoms with Gasteiger partial charge in [-0.25, -0.2) is 14.8 Å². The van der Waals surface area contributed by atoms with E-state index in [0.29, 0.717) is 17.3 Å². The molecule has 1 fully saturated rings. The van der Waals surface area contributed by atoms with Gasteiger partial charge in [-0.15, -0.1) is 11.3 Å². The molecule has 0 bridgehead atoms. The number of ether oxygens (including phenoxy) is 1. The van der Waals surface area contributed by atoms with Crippen molar-refractivity contribution in [3.8, 4) is 0 Å². The van der Waals surface area contributed by atoms with Crippen LogP contribution in [0.1, 0.15) is 28.2 Å². The zero-order chi connectivity index (χ0) is 23.8. The predicted octanol–water partition coefficient (Wildman–Crippen LogP) is 4.14. The Morgan fingerprint density at radius 2 is 2.09 bits per heavy atom. The maximum absolute atomic E-state index is 13.2. The first-order valence-corrected chi connectivity index (χ1v) is 12.0. The number of nitrogens with one attached hydrogen (secondary N) is 2. The maximum Gasteiger partial charge on any atom is 0.325 e. The average molecular weight is 479 g/mol. The lowest BCUT2D eigenvalue weighted by molar-refractivity contribution is 0.0635. The molecule has 1 saturated heterocycles. The molecular formula is C24H26N6O3S. The highest BCUT2D eigenvalue weighted by molar-refractivity contribution is 7.20. The summed E-state index contributed by atoms with van der Waals surface area (Å²) >= 11 is 1.38. The first-order chi connectivity index (χ1) is 16.5. The molecule has 1 unspecified atom stereocenters. The van der Waals surface area contributed by atoms with Gasteiger partial charge in [0.25, 0.3) is 5.91 Å². The molecule has 3 aromatic heterocycles. The van der Waals surface area contributed by atoms with E-state index in [9.17, 15) is 9.59 Å². The van der Waals surface area contributed by atoms with Crippen LogP contribution >= 0.6 is 11.3 Å². The summed E-state index contributed by atoms with van der Waals surface area (Å²) < 4.78 is 6.95. The summed E-state index contributed by atoms with van der Waals surface area (Å²) in [6, 6.07) is 9.58. The van der Waals surface area contributed by atoms with Gasteiger partial charge in [0.1, 0.15) is 17.0 Å². The van der Waals surface area contributed by atoms with Crippen LogP contribution in [0.5, 0.6) is 0 Å². The summed E-state index contributed by atoms with van der Waals surface area (Å²) in [6.45, 7) is 3.19. The summed E-state index contributed by atoms with van der Waals surface area (Å²) in [4.78, 5) is 37.6. The largest absolute Gasteiger partial charge is 0.383 e. The first kappa shape index (κ1) is 22.3. The van der Waals surface area contributed by atoms with Crippen molar-refractivity contribution >= 4 is 55.9 Å². The lowest BCUT2D eigenvalue weighted by atomic mass is 10.2. The third kappa shape index (κ3) is 3.88. The van der Waals surface area contributed by atoms with Gasteiger partial charge in [0.05, 0.1) is 28.4 Å². The minimum atomic E-state index is -0.174. The third-order valence-corrected chi connectivity index (χ3v) is 7.23. The van der Waals surface area contributed by atoms with E-state index < -0.39 is 0 Å². The number of rotatable bonds is 5. The normalized spacial score (nSPS) is 15.9. The zero-order valence-corrected chi connectivity index (χ0v) is 20.1. The molecule has 1 atom stereocenters. The van der Waals surface area contributed by atoms with Gasteiger partial charge in [-0.1, -0.05) is 0 Å². The van der Waals surface area contributed by atoms with Crippen LogP contribution in [0.15, 0.2) is 36.7 Å². The van der Waals surface area contributed by atoms with Crippen molar-refractivity contribution in [1.29, 1.82) is 0 Å². The summed E-state index contributed by atoms with van der Waals surface area (Å²) in [5.74, 6) is 0.651. The van der Waals surface area contributed by atoms with Crippen molar-refractivity contribution < 1.29 is 14.3 Å². The summed E-state index contributed by atoms with van der Waals surface area (Å²) in [5, 5.41) is 7.78. The van der Waals surface area contributed by atoms with E-state index >= 15 is 0 Å². The number of aromatic nitrogens is 3. The SMILES string of the molecule is CNC(=O)n1c(C)cc2cc(Nc3ncnc4sc(C(=O)N5CCCC5COC)cc34)ccc21. The van der Waals surface area contributed by atoms with Crippen LogP contribution in [0, 0.1) is 6.92 Å². The number of fused-ring (bicyclic) bond motifs is 2. The second-order valence-electron chi connectivity index (χ2n) is 8.38. The van der Waals surface area contributed by atoms with Gasteiger partial charge in [-0.2, -0.15) is 0 Å². The van der Waals surface area contributed by atoms with Crippen molar-refractivity contribution in [3.05, 3.63) is 47.2 Å². The Labute approximate surface area is 200 Å². The van der Waals surface area contributed by atoms with Crippen molar-refractivity contribution in [2.75, 3.05) is 32.6 Å². The molecule has 176 valence electrons. The van der Waals surface area contributed by atoms with E-state index in [1.54, 1.807) is 18.7 Å². The van der Waals surface area contributed by atoms with E-state index in [2.05, 4.69) is 20.6 Å².